The summed E-state index contributed by atoms with van der Waals surface area (Å²) in [5.74, 6) is -0.349. The zero-order valence-electron chi connectivity index (χ0n) is 13.9. The third kappa shape index (κ3) is 4.83. The Morgan fingerprint density at radius 1 is 0.880 bits per heavy atom. The highest BCUT2D eigenvalue weighted by Gasteiger charge is 2.17. The van der Waals surface area contributed by atoms with Crippen LogP contribution in [0.1, 0.15) is 52.8 Å². The smallest absolute Gasteiger partial charge is 0.255 e. The molecule has 2 aromatic rings. The molecule has 130 valence electrons. The average molecular weight is 357 g/mol. The quantitative estimate of drug-likeness (QED) is 0.837. The Bertz CT molecular complexity index is 770. The minimum atomic E-state index is -0.257. The molecule has 0 aliphatic heterocycles. The van der Waals surface area contributed by atoms with Crippen LogP contribution < -0.4 is 10.6 Å². The topological polar surface area (TPSA) is 58.2 Å². The number of halogens is 1. The fourth-order valence-corrected chi connectivity index (χ4v) is 3.28. The van der Waals surface area contributed by atoms with E-state index >= 15 is 0 Å². The van der Waals surface area contributed by atoms with Gasteiger partial charge in [0.15, 0.2) is 0 Å². The zero-order valence-corrected chi connectivity index (χ0v) is 14.7. The second-order valence-electron chi connectivity index (χ2n) is 6.35. The van der Waals surface area contributed by atoms with Gasteiger partial charge in [0.05, 0.1) is 0 Å². The van der Waals surface area contributed by atoms with Gasteiger partial charge in [-0.1, -0.05) is 43.0 Å². The van der Waals surface area contributed by atoms with E-state index < -0.39 is 0 Å². The Balaban J connectivity index is 1.66. The van der Waals surface area contributed by atoms with Gasteiger partial charge < -0.3 is 10.6 Å². The Kier molecular flexibility index (Phi) is 5.71. The van der Waals surface area contributed by atoms with Gasteiger partial charge in [0, 0.05) is 27.9 Å². The first-order valence-corrected chi connectivity index (χ1v) is 8.97. The van der Waals surface area contributed by atoms with Crippen molar-refractivity contribution in [2.45, 2.75) is 38.1 Å². The second kappa shape index (κ2) is 8.17. The van der Waals surface area contributed by atoms with E-state index in [1.807, 2.05) is 0 Å². The van der Waals surface area contributed by atoms with E-state index in [4.69, 9.17) is 11.6 Å². The Morgan fingerprint density at radius 2 is 1.56 bits per heavy atom. The van der Waals surface area contributed by atoms with Crippen LogP contribution in [0.5, 0.6) is 0 Å². The lowest BCUT2D eigenvalue weighted by Crippen LogP contribution is -2.36. The summed E-state index contributed by atoms with van der Waals surface area (Å²) in [6.45, 7) is 0. The molecule has 0 radical (unpaired) electrons. The van der Waals surface area contributed by atoms with Crippen LogP contribution in [-0.2, 0) is 0 Å². The lowest BCUT2D eigenvalue weighted by atomic mass is 9.95. The maximum absolute atomic E-state index is 12.4. The number of hydrogen-bond acceptors (Lipinski definition) is 2. The Hall–Kier alpha value is -2.33. The number of carbonyl (C=O) groups is 2. The van der Waals surface area contributed by atoms with Crippen molar-refractivity contribution in [1.82, 2.24) is 5.32 Å². The number of amides is 2. The standard InChI is InChI=1S/C20H21ClN2O2/c21-16-8-4-6-14(12-16)19(24)23-18-11-5-7-15(13-18)20(25)22-17-9-2-1-3-10-17/h4-8,11-13,17H,1-3,9-10H2,(H,22,25)(H,23,24). The summed E-state index contributed by atoms with van der Waals surface area (Å²) >= 11 is 5.92. The van der Waals surface area contributed by atoms with Crippen LogP contribution in [-0.4, -0.2) is 17.9 Å². The van der Waals surface area contributed by atoms with Crippen molar-refractivity contribution >= 4 is 29.1 Å². The van der Waals surface area contributed by atoms with Gasteiger partial charge in [0.1, 0.15) is 0 Å². The summed E-state index contributed by atoms with van der Waals surface area (Å²) in [5.41, 5.74) is 1.61. The zero-order chi connectivity index (χ0) is 17.6. The highest BCUT2D eigenvalue weighted by molar-refractivity contribution is 6.31. The third-order valence-electron chi connectivity index (χ3n) is 4.41. The molecule has 1 aliphatic carbocycles. The number of carbonyl (C=O) groups excluding carboxylic acids is 2. The minimum Gasteiger partial charge on any atom is -0.349 e. The van der Waals surface area contributed by atoms with E-state index in [0.717, 1.165) is 12.8 Å². The van der Waals surface area contributed by atoms with Crippen LogP contribution in [0.4, 0.5) is 5.69 Å². The van der Waals surface area contributed by atoms with E-state index in [-0.39, 0.29) is 17.9 Å². The molecule has 4 nitrogen and oxygen atoms in total. The first kappa shape index (κ1) is 17.5. The predicted molar refractivity (Wildman–Crippen MR) is 100 cm³/mol. The minimum absolute atomic E-state index is 0.0919. The largest absolute Gasteiger partial charge is 0.349 e. The maximum atomic E-state index is 12.4. The molecule has 1 fully saturated rings. The van der Waals surface area contributed by atoms with Crippen LogP contribution in [0.3, 0.4) is 0 Å². The SMILES string of the molecule is O=C(Nc1cccc(C(=O)NC2CCCCC2)c1)c1cccc(Cl)c1. The number of anilines is 1. The van der Waals surface area contributed by atoms with Crippen molar-refractivity contribution in [3.63, 3.8) is 0 Å². The summed E-state index contributed by atoms with van der Waals surface area (Å²) in [7, 11) is 0. The molecule has 1 aliphatic rings. The van der Waals surface area contributed by atoms with E-state index in [1.54, 1.807) is 48.5 Å². The fourth-order valence-electron chi connectivity index (χ4n) is 3.09. The molecule has 2 N–H and O–H groups in total. The molecule has 3 rings (SSSR count). The molecule has 0 spiro atoms. The monoisotopic (exact) mass is 356 g/mol. The van der Waals surface area contributed by atoms with E-state index in [1.165, 1.54) is 19.3 Å². The maximum Gasteiger partial charge on any atom is 0.255 e. The molecule has 0 heterocycles. The molecule has 0 bridgehead atoms. The third-order valence-corrected chi connectivity index (χ3v) is 4.64. The van der Waals surface area contributed by atoms with Crippen molar-refractivity contribution < 1.29 is 9.59 Å². The lowest BCUT2D eigenvalue weighted by molar-refractivity contribution is 0.0926. The number of benzene rings is 2. The van der Waals surface area contributed by atoms with Gasteiger partial charge in [-0.15, -0.1) is 0 Å². The molecule has 5 heteroatoms. The van der Waals surface area contributed by atoms with Crippen LogP contribution >= 0.6 is 11.6 Å². The van der Waals surface area contributed by atoms with Crippen molar-refractivity contribution in [3.05, 3.63) is 64.7 Å². The van der Waals surface area contributed by atoms with Crippen molar-refractivity contribution in [2.24, 2.45) is 0 Å². The summed E-state index contributed by atoms with van der Waals surface area (Å²) < 4.78 is 0. The van der Waals surface area contributed by atoms with Crippen LogP contribution in [0.25, 0.3) is 0 Å². The Labute approximate surface area is 152 Å². The second-order valence-corrected chi connectivity index (χ2v) is 6.79. The Morgan fingerprint density at radius 3 is 2.28 bits per heavy atom. The number of hydrogen-bond donors (Lipinski definition) is 2. The van der Waals surface area contributed by atoms with Gasteiger partial charge in [-0.2, -0.15) is 0 Å². The highest BCUT2D eigenvalue weighted by Crippen LogP contribution is 2.19. The van der Waals surface area contributed by atoms with E-state index in [0.29, 0.717) is 21.8 Å². The molecule has 0 unspecified atom stereocenters. The van der Waals surface area contributed by atoms with Gasteiger partial charge in [-0.3, -0.25) is 9.59 Å². The van der Waals surface area contributed by atoms with Crippen molar-refractivity contribution in [3.8, 4) is 0 Å². The van der Waals surface area contributed by atoms with Crippen LogP contribution in [0.2, 0.25) is 5.02 Å². The average Bonchev–Trinajstić information content (AvgIpc) is 2.63. The van der Waals surface area contributed by atoms with E-state index in [9.17, 15) is 9.59 Å². The molecule has 0 saturated heterocycles. The fraction of sp³-hybridized carbons (Fsp3) is 0.300. The van der Waals surface area contributed by atoms with Gasteiger partial charge >= 0.3 is 0 Å². The molecule has 1 saturated carbocycles. The molecular weight excluding hydrogens is 336 g/mol. The highest BCUT2D eigenvalue weighted by atomic mass is 35.5. The van der Waals surface area contributed by atoms with Gasteiger partial charge in [0.25, 0.3) is 11.8 Å². The van der Waals surface area contributed by atoms with Crippen molar-refractivity contribution in [2.75, 3.05) is 5.32 Å². The lowest BCUT2D eigenvalue weighted by Gasteiger charge is -2.22. The van der Waals surface area contributed by atoms with Crippen LogP contribution in [0, 0.1) is 0 Å². The number of nitrogens with one attached hydrogen (secondary N) is 2. The molecule has 0 atom stereocenters. The van der Waals surface area contributed by atoms with Gasteiger partial charge in [0.2, 0.25) is 0 Å². The summed E-state index contributed by atoms with van der Waals surface area (Å²) in [5, 5.41) is 6.40. The van der Waals surface area contributed by atoms with Crippen LogP contribution in [0.15, 0.2) is 48.5 Å². The number of rotatable bonds is 4. The molecular formula is C20H21ClN2O2. The molecule has 2 aromatic carbocycles. The summed E-state index contributed by atoms with van der Waals surface area (Å²) in [6, 6.07) is 14.0. The molecule has 2 amide bonds. The molecule has 0 aromatic heterocycles. The van der Waals surface area contributed by atoms with E-state index in [2.05, 4.69) is 10.6 Å². The molecule has 25 heavy (non-hydrogen) atoms. The summed E-state index contributed by atoms with van der Waals surface area (Å²) in [4.78, 5) is 24.7. The predicted octanol–water partition coefficient (Wildman–Crippen LogP) is 4.65. The first-order valence-electron chi connectivity index (χ1n) is 8.60. The summed E-state index contributed by atoms with van der Waals surface area (Å²) in [6.07, 6.45) is 5.66. The van der Waals surface area contributed by atoms with Gasteiger partial charge in [-0.05, 0) is 49.2 Å². The van der Waals surface area contributed by atoms with Crippen molar-refractivity contribution in [1.29, 1.82) is 0 Å². The normalized spacial score (nSPS) is 14.8. The van der Waals surface area contributed by atoms with Gasteiger partial charge in [-0.25, -0.2) is 0 Å². The first-order chi connectivity index (χ1) is 12.1.